The number of carbonyl (C=O) groups excluding carboxylic acids is 4. The van der Waals surface area contributed by atoms with Crippen LogP contribution in [0.3, 0.4) is 0 Å². The predicted octanol–water partition coefficient (Wildman–Crippen LogP) is -6.53. The third-order valence-corrected chi connectivity index (χ3v) is 7.22. The summed E-state index contributed by atoms with van der Waals surface area (Å²) in [4.78, 5) is 60.1. The highest BCUT2D eigenvalue weighted by atomic mass is 16.7. The van der Waals surface area contributed by atoms with Crippen molar-refractivity contribution in [2.24, 2.45) is 11.5 Å². The number of aliphatic hydroxyl groups excluding tert-OH is 5. The average Bonchev–Trinajstić information content (AvgIpc) is 2.97. The van der Waals surface area contributed by atoms with Crippen LogP contribution in [0.1, 0.15) is 33.6 Å². The fourth-order valence-electron chi connectivity index (χ4n) is 4.71. The van der Waals surface area contributed by atoms with Crippen molar-refractivity contribution in [2.75, 3.05) is 13.2 Å². The molecular formula is C25H43N5O15. The normalized spacial score (nSPS) is 33.7. The van der Waals surface area contributed by atoms with Crippen LogP contribution in [0.5, 0.6) is 0 Å². The van der Waals surface area contributed by atoms with Crippen molar-refractivity contribution in [1.29, 1.82) is 0 Å². The second kappa shape index (κ2) is 17.0. The Balaban J connectivity index is 2.25. The van der Waals surface area contributed by atoms with Gasteiger partial charge in [0.1, 0.15) is 60.9 Å². The number of aliphatic hydroxyl groups is 5. The van der Waals surface area contributed by atoms with E-state index in [0.717, 1.165) is 6.92 Å². The molecule has 0 radical (unpaired) electrons. The number of hydrogen-bond acceptors (Lipinski definition) is 15. The van der Waals surface area contributed by atoms with Gasteiger partial charge in [-0.3, -0.25) is 24.0 Å². The van der Waals surface area contributed by atoms with Gasteiger partial charge < -0.3 is 77.0 Å². The molecule has 13 atom stereocenters. The Kier molecular flexibility index (Phi) is 14.4. The number of rotatable bonds is 15. The maximum atomic E-state index is 13.0. The summed E-state index contributed by atoms with van der Waals surface area (Å²) in [5.74, 6) is -4.63. The highest BCUT2D eigenvalue weighted by molar-refractivity contribution is 5.92. The van der Waals surface area contributed by atoms with Gasteiger partial charge in [-0.2, -0.15) is 0 Å². The summed E-state index contributed by atoms with van der Waals surface area (Å²) in [6.07, 6.45) is -14.4. The Morgan fingerprint density at radius 2 is 1.53 bits per heavy atom. The molecule has 13 N–H and O–H groups in total. The van der Waals surface area contributed by atoms with Gasteiger partial charge in [0.2, 0.25) is 23.6 Å². The highest BCUT2D eigenvalue weighted by Gasteiger charge is 2.52. The van der Waals surface area contributed by atoms with Crippen LogP contribution in [0, 0.1) is 0 Å². The molecule has 4 amide bonds. The Hall–Kier alpha value is -3.05. The molecule has 2 rings (SSSR count). The summed E-state index contributed by atoms with van der Waals surface area (Å²) in [6, 6.07) is -5.42. The lowest BCUT2D eigenvalue weighted by molar-refractivity contribution is -0.331. The van der Waals surface area contributed by atoms with Gasteiger partial charge in [0, 0.05) is 13.3 Å². The van der Waals surface area contributed by atoms with E-state index in [1.54, 1.807) is 0 Å². The number of hydrogen-bond donors (Lipinski definition) is 11. The number of carboxylic acids is 1. The Morgan fingerprint density at radius 1 is 0.911 bits per heavy atom. The SMILES string of the molecule is CC(=O)NC1C(O)OC(CO)C(OC2OC(CO)C(O)C(O)C2N)C1OC(C)C(=O)NC(C)C(=O)NC(CCC(=O)O)C(N)=O. The molecule has 0 aromatic rings. The van der Waals surface area contributed by atoms with Crippen LogP contribution in [0.4, 0.5) is 0 Å². The molecule has 0 spiro atoms. The monoisotopic (exact) mass is 653 g/mol. The predicted molar refractivity (Wildman–Crippen MR) is 146 cm³/mol. The van der Waals surface area contributed by atoms with Gasteiger partial charge in [-0.25, -0.2) is 0 Å². The van der Waals surface area contributed by atoms with E-state index in [0.29, 0.717) is 0 Å². The average molecular weight is 654 g/mol. The van der Waals surface area contributed by atoms with Gasteiger partial charge >= 0.3 is 5.97 Å². The molecule has 0 aliphatic carbocycles. The minimum Gasteiger partial charge on any atom is -0.481 e. The van der Waals surface area contributed by atoms with E-state index >= 15 is 0 Å². The second-order valence-electron chi connectivity index (χ2n) is 10.7. The van der Waals surface area contributed by atoms with Crippen LogP contribution in [0.2, 0.25) is 0 Å². The Morgan fingerprint density at radius 3 is 2.07 bits per heavy atom. The van der Waals surface area contributed by atoms with Crippen molar-refractivity contribution >= 4 is 29.6 Å². The van der Waals surface area contributed by atoms with Crippen LogP contribution in [0.25, 0.3) is 0 Å². The summed E-state index contributed by atoms with van der Waals surface area (Å²) in [6.45, 7) is 2.12. The lowest BCUT2D eigenvalue weighted by Crippen LogP contribution is -2.69. The van der Waals surface area contributed by atoms with Gasteiger partial charge in [-0.1, -0.05) is 0 Å². The third-order valence-electron chi connectivity index (χ3n) is 7.22. The van der Waals surface area contributed by atoms with Crippen molar-refractivity contribution in [3.8, 4) is 0 Å². The molecule has 258 valence electrons. The minimum atomic E-state index is -1.79. The van der Waals surface area contributed by atoms with E-state index in [9.17, 15) is 49.5 Å². The van der Waals surface area contributed by atoms with Gasteiger partial charge in [-0.15, -0.1) is 0 Å². The topological polar surface area (TPSA) is 332 Å². The fourth-order valence-corrected chi connectivity index (χ4v) is 4.71. The second-order valence-corrected chi connectivity index (χ2v) is 10.7. The number of aliphatic carboxylic acids is 1. The zero-order valence-electron chi connectivity index (χ0n) is 24.8. The first kappa shape index (κ1) is 38.1. The van der Waals surface area contributed by atoms with Crippen molar-refractivity contribution in [2.45, 2.75) is 113 Å². The molecule has 2 saturated heterocycles. The summed E-state index contributed by atoms with van der Waals surface area (Å²) >= 11 is 0. The number of carboxylic acid groups (broad SMARTS) is 1. The molecular weight excluding hydrogens is 610 g/mol. The first-order valence-electron chi connectivity index (χ1n) is 14.0. The molecule has 20 heteroatoms. The Labute approximate surface area is 257 Å². The minimum absolute atomic E-state index is 0.288. The zero-order chi connectivity index (χ0) is 34.2. The van der Waals surface area contributed by atoms with Crippen LogP contribution in [-0.4, -0.2) is 153 Å². The Bertz CT molecular complexity index is 1050. The maximum Gasteiger partial charge on any atom is 0.303 e. The number of amides is 4. The van der Waals surface area contributed by atoms with Crippen molar-refractivity contribution in [3.63, 3.8) is 0 Å². The summed E-state index contributed by atoms with van der Waals surface area (Å²) < 4.78 is 22.7. The maximum absolute atomic E-state index is 13.0. The van der Waals surface area contributed by atoms with Gasteiger partial charge in [-0.05, 0) is 20.3 Å². The standard InChI is InChI=1S/C25H43N5O15/c1-8(22(39)30-11(21(27)38)4-5-14(34)35)28-23(40)9(2)42-20-16(29-10(3)33)24(41)43-13(7-32)19(20)45-25-15(26)18(37)17(36)12(6-31)44-25/h8-9,11-13,15-20,24-25,31-32,36-37,41H,4-7,26H2,1-3H3,(H2,27,38)(H,28,40)(H,29,33)(H,30,39)(H,34,35). The van der Waals surface area contributed by atoms with E-state index in [4.69, 9.17) is 35.5 Å². The van der Waals surface area contributed by atoms with Crippen LogP contribution >= 0.6 is 0 Å². The molecule has 0 aromatic heterocycles. The number of nitrogens with two attached hydrogens (primary N) is 2. The molecule has 0 aromatic carbocycles. The van der Waals surface area contributed by atoms with Crippen molar-refractivity contribution in [1.82, 2.24) is 16.0 Å². The zero-order valence-corrected chi connectivity index (χ0v) is 24.8. The van der Waals surface area contributed by atoms with E-state index in [-0.39, 0.29) is 6.42 Å². The first-order chi connectivity index (χ1) is 21.0. The quantitative estimate of drug-likeness (QED) is 0.0782. The molecule has 2 heterocycles. The van der Waals surface area contributed by atoms with E-state index in [1.807, 2.05) is 0 Å². The summed E-state index contributed by atoms with van der Waals surface area (Å²) in [5.41, 5.74) is 11.2. The molecule has 2 fully saturated rings. The van der Waals surface area contributed by atoms with Crippen LogP contribution < -0.4 is 27.4 Å². The summed E-state index contributed by atoms with van der Waals surface area (Å²) in [5, 5.41) is 66.5. The van der Waals surface area contributed by atoms with Crippen LogP contribution in [-0.2, 0) is 42.9 Å². The molecule has 2 aliphatic heterocycles. The van der Waals surface area contributed by atoms with Crippen LogP contribution in [0.15, 0.2) is 0 Å². The van der Waals surface area contributed by atoms with Gasteiger partial charge in [0.05, 0.1) is 19.3 Å². The lowest BCUT2D eigenvalue weighted by atomic mass is 9.94. The van der Waals surface area contributed by atoms with Gasteiger partial charge in [0.25, 0.3) is 0 Å². The number of nitrogens with one attached hydrogen (secondary N) is 3. The molecule has 2 aliphatic rings. The smallest absolute Gasteiger partial charge is 0.303 e. The lowest BCUT2D eigenvalue weighted by Gasteiger charge is -2.48. The third kappa shape index (κ3) is 10.2. The van der Waals surface area contributed by atoms with E-state index in [2.05, 4.69) is 16.0 Å². The van der Waals surface area contributed by atoms with Gasteiger partial charge in [0.15, 0.2) is 12.6 Å². The first-order valence-corrected chi connectivity index (χ1v) is 14.0. The van der Waals surface area contributed by atoms with E-state index < -0.39 is 129 Å². The molecule has 13 unspecified atom stereocenters. The fraction of sp³-hybridized carbons (Fsp3) is 0.800. The molecule has 20 nitrogen and oxygen atoms in total. The van der Waals surface area contributed by atoms with Crippen molar-refractivity contribution < 1.29 is 73.6 Å². The molecule has 0 saturated carbocycles. The number of primary amides is 1. The molecule has 45 heavy (non-hydrogen) atoms. The number of carbonyl (C=O) groups is 5. The van der Waals surface area contributed by atoms with E-state index in [1.165, 1.54) is 13.8 Å². The van der Waals surface area contributed by atoms with Crippen molar-refractivity contribution in [3.05, 3.63) is 0 Å². The largest absolute Gasteiger partial charge is 0.481 e. The molecule has 0 bridgehead atoms. The highest BCUT2D eigenvalue weighted by Crippen LogP contribution is 2.30. The number of ether oxygens (including phenoxy) is 4. The summed E-state index contributed by atoms with van der Waals surface area (Å²) in [7, 11) is 0.